The molecule has 20 heavy (non-hydrogen) atoms. The summed E-state index contributed by atoms with van der Waals surface area (Å²) in [5, 5.41) is 12.0. The molecule has 3 rings (SSSR count). The molecule has 6 heteroatoms. The highest BCUT2D eigenvalue weighted by atomic mass is 35.5. The van der Waals surface area contributed by atoms with Crippen molar-refractivity contribution in [2.24, 2.45) is 5.92 Å². The Morgan fingerprint density at radius 3 is 2.95 bits per heavy atom. The molecule has 1 amide bonds. The number of benzene rings is 1. The number of nitrogens with zero attached hydrogens (tertiary/aromatic N) is 1. The van der Waals surface area contributed by atoms with Crippen LogP contribution in [0.3, 0.4) is 0 Å². The molecule has 2 N–H and O–H groups in total. The van der Waals surface area contributed by atoms with Crippen LogP contribution in [0.5, 0.6) is 0 Å². The molecule has 1 aromatic rings. The van der Waals surface area contributed by atoms with Gasteiger partial charge in [-0.15, -0.1) is 0 Å². The molecule has 0 spiro atoms. The van der Waals surface area contributed by atoms with Crippen molar-refractivity contribution in [3.63, 3.8) is 0 Å². The summed E-state index contributed by atoms with van der Waals surface area (Å²) in [6.45, 7) is 1.90. The molecule has 0 bridgehead atoms. The van der Waals surface area contributed by atoms with Crippen LogP contribution in [0.1, 0.15) is 23.2 Å². The first kappa shape index (κ1) is 13.4. The highest BCUT2D eigenvalue weighted by Gasteiger charge is 2.31. The SMILES string of the molecule is O=C1Nc2cc(N3CCC(CCO)C3)c(Cl)cc2C1=O. The molecule has 1 unspecified atom stereocenters. The number of Topliss-reactive ketones (excluding diaryl/α,β-unsaturated/α-hetero) is 1. The Balaban J connectivity index is 1.87. The number of carbonyl (C=O) groups is 2. The topological polar surface area (TPSA) is 69.6 Å². The molecular weight excluding hydrogens is 280 g/mol. The monoisotopic (exact) mass is 294 g/mol. The van der Waals surface area contributed by atoms with E-state index in [4.69, 9.17) is 16.7 Å². The van der Waals surface area contributed by atoms with E-state index < -0.39 is 11.7 Å². The van der Waals surface area contributed by atoms with Crippen molar-refractivity contribution < 1.29 is 14.7 Å². The summed E-state index contributed by atoms with van der Waals surface area (Å²) in [6.07, 6.45) is 1.80. The summed E-state index contributed by atoms with van der Waals surface area (Å²) in [4.78, 5) is 25.1. The van der Waals surface area contributed by atoms with Crippen LogP contribution in [-0.4, -0.2) is 36.5 Å². The molecule has 1 atom stereocenters. The number of rotatable bonds is 3. The van der Waals surface area contributed by atoms with E-state index in [9.17, 15) is 9.59 Å². The number of halogens is 1. The van der Waals surface area contributed by atoms with Crippen molar-refractivity contribution in [2.45, 2.75) is 12.8 Å². The zero-order valence-corrected chi connectivity index (χ0v) is 11.6. The summed E-state index contributed by atoms with van der Waals surface area (Å²) < 4.78 is 0. The maximum atomic E-state index is 11.6. The van der Waals surface area contributed by atoms with Crippen molar-refractivity contribution in [3.05, 3.63) is 22.7 Å². The molecule has 0 radical (unpaired) electrons. The lowest BCUT2D eigenvalue weighted by Crippen LogP contribution is -2.20. The number of aliphatic hydroxyl groups is 1. The number of nitrogens with one attached hydrogen (secondary N) is 1. The first-order chi connectivity index (χ1) is 9.60. The van der Waals surface area contributed by atoms with Gasteiger partial charge in [0, 0.05) is 19.7 Å². The Morgan fingerprint density at radius 2 is 2.20 bits per heavy atom. The molecule has 0 saturated carbocycles. The van der Waals surface area contributed by atoms with Crippen molar-refractivity contribution in [3.8, 4) is 0 Å². The van der Waals surface area contributed by atoms with Crippen LogP contribution < -0.4 is 10.2 Å². The average molecular weight is 295 g/mol. The number of fused-ring (bicyclic) bond motifs is 1. The van der Waals surface area contributed by atoms with Crippen LogP contribution in [0.2, 0.25) is 5.02 Å². The lowest BCUT2D eigenvalue weighted by Gasteiger charge is -2.21. The van der Waals surface area contributed by atoms with Gasteiger partial charge in [-0.1, -0.05) is 11.6 Å². The predicted molar refractivity (Wildman–Crippen MR) is 76.4 cm³/mol. The van der Waals surface area contributed by atoms with Gasteiger partial charge >= 0.3 is 0 Å². The molecule has 106 valence electrons. The minimum atomic E-state index is -0.604. The van der Waals surface area contributed by atoms with Crippen molar-refractivity contribution in [1.29, 1.82) is 0 Å². The van der Waals surface area contributed by atoms with E-state index in [1.54, 1.807) is 12.1 Å². The lowest BCUT2D eigenvalue weighted by atomic mass is 10.1. The zero-order valence-electron chi connectivity index (χ0n) is 10.9. The number of hydrogen-bond donors (Lipinski definition) is 2. The lowest BCUT2D eigenvalue weighted by molar-refractivity contribution is -0.112. The fourth-order valence-electron chi connectivity index (χ4n) is 2.87. The first-order valence-electron chi connectivity index (χ1n) is 6.65. The normalized spacial score (nSPS) is 21.3. The summed E-state index contributed by atoms with van der Waals surface area (Å²) in [5.74, 6) is -0.679. The van der Waals surface area contributed by atoms with E-state index in [-0.39, 0.29) is 6.61 Å². The van der Waals surface area contributed by atoms with Gasteiger partial charge in [-0.25, -0.2) is 0 Å². The van der Waals surface area contributed by atoms with Gasteiger partial charge in [0.05, 0.1) is 22.0 Å². The molecule has 2 heterocycles. The molecule has 5 nitrogen and oxygen atoms in total. The smallest absolute Gasteiger partial charge is 0.296 e. The Labute approximate surface area is 121 Å². The fraction of sp³-hybridized carbons (Fsp3) is 0.429. The van der Waals surface area contributed by atoms with Crippen molar-refractivity contribution >= 4 is 34.7 Å². The van der Waals surface area contributed by atoms with E-state index in [1.807, 2.05) is 0 Å². The third kappa shape index (κ3) is 2.17. The Bertz CT molecular complexity index is 588. The van der Waals surface area contributed by atoms with Crippen LogP contribution in [0.4, 0.5) is 11.4 Å². The second-order valence-corrected chi connectivity index (χ2v) is 5.65. The summed E-state index contributed by atoms with van der Waals surface area (Å²) in [7, 11) is 0. The zero-order chi connectivity index (χ0) is 14.3. The third-order valence-corrected chi connectivity index (χ3v) is 4.25. The predicted octanol–water partition coefficient (Wildman–Crippen LogP) is 1.68. The van der Waals surface area contributed by atoms with Crippen LogP contribution in [0.25, 0.3) is 0 Å². The average Bonchev–Trinajstić information content (AvgIpc) is 2.97. The summed E-state index contributed by atoms with van der Waals surface area (Å²) >= 11 is 6.24. The molecule has 1 aromatic carbocycles. The number of aliphatic hydroxyl groups excluding tert-OH is 1. The summed E-state index contributed by atoms with van der Waals surface area (Å²) in [6, 6.07) is 3.33. The van der Waals surface area contributed by atoms with Crippen LogP contribution in [-0.2, 0) is 4.79 Å². The van der Waals surface area contributed by atoms with E-state index in [1.165, 1.54) is 0 Å². The van der Waals surface area contributed by atoms with E-state index in [2.05, 4.69) is 10.2 Å². The highest BCUT2D eigenvalue weighted by Crippen LogP contribution is 2.37. The minimum absolute atomic E-state index is 0.195. The Hall–Kier alpha value is -1.59. The Morgan fingerprint density at radius 1 is 1.40 bits per heavy atom. The van der Waals surface area contributed by atoms with Gasteiger partial charge in [0.1, 0.15) is 0 Å². The number of hydrogen-bond acceptors (Lipinski definition) is 4. The Kier molecular flexibility index (Phi) is 3.40. The quantitative estimate of drug-likeness (QED) is 0.832. The number of anilines is 2. The van der Waals surface area contributed by atoms with Gasteiger partial charge in [0.25, 0.3) is 11.7 Å². The maximum absolute atomic E-state index is 11.6. The van der Waals surface area contributed by atoms with Gasteiger partial charge in [-0.3, -0.25) is 9.59 Å². The molecule has 1 saturated heterocycles. The largest absolute Gasteiger partial charge is 0.396 e. The van der Waals surface area contributed by atoms with Crippen LogP contribution in [0.15, 0.2) is 12.1 Å². The van der Waals surface area contributed by atoms with Crippen molar-refractivity contribution in [2.75, 3.05) is 29.9 Å². The molecule has 0 aliphatic carbocycles. The maximum Gasteiger partial charge on any atom is 0.296 e. The van der Waals surface area contributed by atoms with Crippen LogP contribution in [0, 0.1) is 5.92 Å². The first-order valence-corrected chi connectivity index (χ1v) is 7.03. The standard InChI is InChI=1S/C14H15ClN2O3/c15-10-5-9-11(16-14(20)13(9)19)6-12(10)17-3-1-8(7-17)2-4-18/h5-6,8,18H,1-4,7H2,(H,16,19,20). The van der Waals surface area contributed by atoms with E-state index >= 15 is 0 Å². The van der Waals surface area contributed by atoms with Crippen LogP contribution >= 0.6 is 11.6 Å². The van der Waals surface area contributed by atoms with Crippen molar-refractivity contribution in [1.82, 2.24) is 0 Å². The minimum Gasteiger partial charge on any atom is -0.396 e. The second-order valence-electron chi connectivity index (χ2n) is 5.25. The number of amides is 1. The number of ketones is 1. The summed E-state index contributed by atoms with van der Waals surface area (Å²) in [5.41, 5.74) is 1.71. The highest BCUT2D eigenvalue weighted by molar-refractivity contribution is 6.52. The fourth-order valence-corrected chi connectivity index (χ4v) is 3.15. The number of carbonyl (C=O) groups excluding carboxylic acids is 2. The molecule has 2 aliphatic rings. The van der Waals surface area contributed by atoms with Gasteiger partial charge in [0.15, 0.2) is 0 Å². The second kappa shape index (κ2) is 5.07. The van der Waals surface area contributed by atoms with E-state index in [0.717, 1.165) is 31.6 Å². The van der Waals surface area contributed by atoms with Gasteiger partial charge in [-0.05, 0) is 30.9 Å². The van der Waals surface area contributed by atoms with Gasteiger partial charge in [0.2, 0.25) is 0 Å². The van der Waals surface area contributed by atoms with E-state index in [0.29, 0.717) is 22.2 Å². The molecule has 2 aliphatic heterocycles. The molecule has 1 fully saturated rings. The third-order valence-electron chi connectivity index (χ3n) is 3.95. The van der Waals surface area contributed by atoms with Gasteiger partial charge in [-0.2, -0.15) is 0 Å². The van der Waals surface area contributed by atoms with Gasteiger partial charge < -0.3 is 15.3 Å². The molecule has 0 aromatic heterocycles. The molecular formula is C14H15ClN2O3.